The van der Waals surface area contributed by atoms with Gasteiger partial charge in [0.2, 0.25) is 0 Å². The van der Waals surface area contributed by atoms with Crippen molar-refractivity contribution in [2.75, 3.05) is 0 Å². The molecule has 3 aromatic rings. The van der Waals surface area contributed by atoms with Crippen LogP contribution in [0.2, 0.25) is 0 Å². The Morgan fingerprint density at radius 2 is 1.48 bits per heavy atom. The molecule has 0 spiro atoms. The summed E-state index contributed by atoms with van der Waals surface area (Å²) in [6.45, 7) is 1.44. The van der Waals surface area contributed by atoms with Crippen molar-refractivity contribution in [1.29, 1.82) is 0 Å². The van der Waals surface area contributed by atoms with Crippen molar-refractivity contribution < 1.29 is 19.1 Å². The van der Waals surface area contributed by atoms with Crippen LogP contribution in [0.3, 0.4) is 0 Å². The third kappa shape index (κ3) is 4.30. The van der Waals surface area contributed by atoms with E-state index in [1.54, 1.807) is 42.5 Å². The van der Waals surface area contributed by atoms with Gasteiger partial charge in [-0.3, -0.25) is 20.4 Å². The molecule has 0 bridgehead atoms. The van der Waals surface area contributed by atoms with Crippen LogP contribution in [-0.2, 0) is 9.53 Å². The van der Waals surface area contributed by atoms with Crippen LogP contribution in [0.1, 0.15) is 27.6 Å². The Bertz CT molecular complexity index is 980. The van der Waals surface area contributed by atoms with Gasteiger partial charge in [-0.2, -0.15) is 0 Å². The Hall–Kier alpha value is -3.67. The highest BCUT2D eigenvalue weighted by Crippen LogP contribution is 2.19. The molecule has 0 aromatic heterocycles. The van der Waals surface area contributed by atoms with Gasteiger partial charge in [0.25, 0.3) is 11.8 Å². The molecule has 0 unspecified atom stereocenters. The normalized spacial score (nSPS) is 11.4. The minimum atomic E-state index is -1.08. The van der Waals surface area contributed by atoms with Gasteiger partial charge in [0, 0.05) is 5.56 Å². The molecule has 0 aliphatic rings. The number of ether oxygens (including phenoxy) is 1. The summed E-state index contributed by atoms with van der Waals surface area (Å²) in [7, 11) is 0. The van der Waals surface area contributed by atoms with Crippen molar-refractivity contribution in [3.63, 3.8) is 0 Å². The van der Waals surface area contributed by atoms with Crippen LogP contribution in [0.5, 0.6) is 0 Å². The highest BCUT2D eigenvalue weighted by Gasteiger charge is 2.20. The zero-order valence-electron chi connectivity index (χ0n) is 14.6. The molecule has 136 valence electrons. The van der Waals surface area contributed by atoms with Gasteiger partial charge in [-0.1, -0.05) is 54.6 Å². The maximum Gasteiger partial charge on any atom is 0.339 e. The summed E-state index contributed by atoms with van der Waals surface area (Å²) in [4.78, 5) is 36.5. The number of rotatable bonds is 4. The minimum absolute atomic E-state index is 0.376. The van der Waals surface area contributed by atoms with E-state index in [-0.39, 0.29) is 0 Å². The summed E-state index contributed by atoms with van der Waals surface area (Å²) < 4.78 is 5.24. The molecule has 3 rings (SSSR count). The quantitative estimate of drug-likeness (QED) is 0.552. The molecule has 0 aliphatic carbocycles. The first-order chi connectivity index (χ1) is 13.1. The fourth-order valence-corrected chi connectivity index (χ4v) is 2.56. The fourth-order valence-electron chi connectivity index (χ4n) is 2.56. The molecule has 0 radical (unpaired) electrons. The predicted octanol–water partition coefficient (Wildman–Crippen LogP) is 2.85. The number of benzene rings is 3. The number of carbonyl (C=O) groups excluding carboxylic acids is 3. The van der Waals surface area contributed by atoms with Crippen molar-refractivity contribution >= 4 is 28.6 Å². The summed E-state index contributed by atoms with van der Waals surface area (Å²) in [5.74, 6) is -1.70. The Morgan fingerprint density at radius 3 is 2.26 bits per heavy atom. The summed E-state index contributed by atoms with van der Waals surface area (Å²) in [6.07, 6.45) is -1.08. The van der Waals surface area contributed by atoms with E-state index in [1.165, 1.54) is 6.92 Å². The molecule has 0 heterocycles. The first kappa shape index (κ1) is 18.1. The van der Waals surface area contributed by atoms with Crippen LogP contribution in [0.4, 0.5) is 0 Å². The molecule has 6 heteroatoms. The van der Waals surface area contributed by atoms with Crippen LogP contribution in [0.25, 0.3) is 10.8 Å². The molecule has 2 amide bonds. The first-order valence-corrected chi connectivity index (χ1v) is 8.40. The summed E-state index contributed by atoms with van der Waals surface area (Å²) >= 11 is 0. The molecule has 0 fully saturated rings. The van der Waals surface area contributed by atoms with Crippen molar-refractivity contribution in [2.45, 2.75) is 13.0 Å². The zero-order valence-corrected chi connectivity index (χ0v) is 14.6. The summed E-state index contributed by atoms with van der Waals surface area (Å²) in [6, 6.07) is 21.1. The van der Waals surface area contributed by atoms with E-state index in [4.69, 9.17) is 4.74 Å². The number of hydrogen-bond acceptors (Lipinski definition) is 4. The third-order valence-electron chi connectivity index (χ3n) is 4.00. The first-order valence-electron chi connectivity index (χ1n) is 8.40. The smallest absolute Gasteiger partial charge is 0.339 e. The Balaban J connectivity index is 1.60. The topological polar surface area (TPSA) is 84.5 Å². The molecule has 0 saturated heterocycles. The average molecular weight is 362 g/mol. The minimum Gasteiger partial charge on any atom is -0.449 e. The van der Waals surface area contributed by atoms with Gasteiger partial charge in [-0.15, -0.1) is 0 Å². The standard InChI is InChI=1S/C21H18N2O4/c1-14(19(24)22-23-20(25)16-9-3-2-4-10-16)27-21(26)18-13-7-11-15-8-5-6-12-17(15)18/h2-14H,1H3,(H,22,24)(H,23,25)/t14-/m0/s1. The van der Waals surface area contributed by atoms with E-state index in [9.17, 15) is 14.4 Å². The number of amides is 2. The van der Waals surface area contributed by atoms with Gasteiger partial charge in [0.05, 0.1) is 5.56 Å². The number of hydrogen-bond donors (Lipinski definition) is 2. The molecule has 3 aromatic carbocycles. The molecular weight excluding hydrogens is 344 g/mol. The second-order valence-corrected chi connectivity index (χ2v) is 5.88. The number of carbonyl (C=O) groups is 3. The molecule has 2 N–H and O–H groups in total. The Morgan fingerprint density at radius 1 is 0.815 bits per heavy atom. The second kappa shape index (κ2) is 8.14. The van der Waals surface area contributed by atoms with Gasteiger partial charge in [-0.05, 0) is 35.9 Å². The SMILES string of the molecule is C[C@H](OC(=O)c1cccc2ccccc12)C(=O)NNC(=O)c1ccccc1. The van der Waals surface area contributed by atoms with Gasteiger partial charge in [0.1, 0.15) is 0 Å². The van der Waals surface area contributed by atoms with Crippen LogP contribution in [0.15, 0.2) is 72.8 Å². The van der Waals surface area contributed by atoms with E-state index in [0.29, 0.717) is 11.1 Å². The van der Waals surface area contributed by atoms with Crippen LogP contribution in [0, 0.1) is 0 Å². The van der Waals surface area contributed by atoms with E-state index in [2.05, 4.69) is 10.9 Å². The van der Waals surface area contributed by atoms with Gasteiger partial charge in [-0.25, -0.2) is 4.79 Å². The van der Waals surface area contributed by atoms with E-state index >= 15 is 0 Å². The van der Waals surface area contributed by atoms with Crippen molar-refractivity contribution in [1.82, 2.24) is 10.9 Å². The lowest BCUT2D eigenvalue weighted by Gasteiger charge is -2.15. The largest absolute Gasteiger partial charge is 0.449 e. The number of nitrogens with one attached hydrogen (secondary N) is 2. The predicted molar refractivity (Wildman–Crippen MR) is 101 cm³/mol. The van der Waals surface area contributed by atoms with Crippen molar-refractivity contribution in [3.8, 4) is 0 Å². The number of esters is 1. The fraction of sp³-hybridized carbons (Fsp3) is 0.0952. The van der Waals surface area contributed by atoms with E-state index in [1.807, 2.05) is 30.3 Å². The maximum atomic E-state index is 12.4. The average Bonchev–Trinajstić information content (AvgIpc) is 2.71. The molecule has 0 aliphatic heterocycles. The number of hydrazine groups is 1. The van der Waals surface area contributed by atoms with Gasteiger partial charge >= 0.3 is 5.97 Å². The van der Waals surface area contributed by atoms with E-state index < -0.39 is 23.9 Å². The molecule has 1 atom stereocenters. The second-order valence-electron chi connectivity index (χ2n) is 5.88. The lowest BCUT2D eigenvalue weighted by Crippen LogP contribution is -2.46. The van der Waals surface area contributed by atoms with Gasteiger partial charge in [0.15, 0.2) is 6.10 Å². The van der Waals surface area contributed by atoms with Crippen LogP contribution in [-0.4, -0.2) is 23.9 Å². The monoisotopic (exact) mass is 362 g/mol. The maximum absolute atomic E-state index is 12.4. The van der Waals surface area contributed by atoms with Crippen molar-refractivity contribution in [2.24, 2.45) is 0 Å². The lowest BCUT2D eigenvalue weighted by molar-refractivity contribution is -0.129. The third-order valence-corrected chi connectivity index (χ3v) is 4.00. The molecule has 27 heavy (non-hydrogen) atoms. The van der Waals surface area contributed by atoms with Crippen LogP contribution < -0.4 is 10.9 Å². The van der Waals surface area contributed by atoms with Crippen molar-refractivity contribution in [3.05, 3.63) is 83.9 Å². The summed E-state index contributed by atoms with van der Waals surface area (Å²) in [5, 5.41) is 1.65. The molecule has 6 nitrogen and oxygen atoms in total. The Kier molecular flexibility index (Phi) is 5.47. The Labute approximate surface area is 156 Å². The van der Waals surface area contributed by atoms with Crippen LogP contribution >= 0.6 is 0 Å². The zero-order chi connectivity index (χ0) is 19.2. The highest BCUT2D eigenvalue weighted by atomic mass is 16.5. The van der Waals surface area contributed by atoms with E-state index in [0.717, 1.165) is 10.8 Å². The molecule has 0 saturated carbocycles. The number of fused-ring (bicyclic) bond motifs is 1. The highest BCUT2D eigenvalue weighted by molar-refractivity contribution is 6.05. The molecular formula is C21H18N2O4. The lowest BCUT2D eigenvalue weighted by atomic mass is 10.0. The van der Waals surface area contributed by atoms with Gasteiger partial charge < -0.3 is 4.74 Å². The summed E-state index contributed by atoms with van der Waals surface area (Å²) in [5.41, 5.74) is 5.33.